The molecule has 2 aromatic rings. The number of imidazole rings is 1. The molecule has 1 saturated carbocycles. The van der Waals surface area contributed by atoms with Crippen LogP contribution in [-0.2, 0) is 24.0 Å². The van der Waals surface area contributed by atoms with Crippen LogP contribution in [-0.4, -0.2) is 44.8 Å². The summed E-state index contributed by atoms with van der Waals surface area (Å²) in [4.78, 5) is 17.9. The van der Waals surface area contributed by atoms with Crippen molar-refractivity contribution in [1.29, 1.82) is 0 Å². The Kier molecular flexibility index (Phi) is 5.38. The lowest BCUT2D eigenvalue weighted by Gasteiger charge is -2.32. The minimum atomic E-state index is -5.04. The number of ether oxygens (including phenoxy) is 1. The second-order valence-electron chi connectivity index (χ2n) is 7.00. The third-order valence-electron chi connectivity index (χ3n) is 4.89. The van der Waals surface area contributed by atoms with Crippen LogP contribution in [0.25, 0.3) is 0 Å². The van der Waals surface area contributed by atoms with Crippen molar-refractivity contribution in [3.63, 3.8) is 0 Å². The number of aryl methyl sites for hydroxylation is 1. The second-order valence-corrected chi connectivity index (χ2v) is 7.00. The second kappa shape index (κ2) is 7.46. The van der Waals surface area contributed by atoms with Crippen molar-refractivity contribution < 1.29 is 27.8 Å². The summed E-state index contributed by atoms with van der Waals surface area (Å²) in [5.41, 5.74) is -2.58. The quantitative estimate of drug-likeness (QED) is 0.780. The standard InChI is InChI=1S/C19H22F3N3O3/c1-24-10-9-23-17(24)18(27,19(20,21)22)11-16(26)25(14-5-6-14)12-13-3-7-15(28-2)8-4-13/h3-4,7-10,14,27H,5-6,11-12H2,1-2H3. The van der Waals surface area contributed by atoms with Crippen LogP contribution >= 0.6 is 0 Å². The van der Waals surface area contributed by atoms with Crippen LogP contribution in [0.1, 0.15) is 30.7 Å². The zero-order chi connectivity index (χ0) is 20.5. The van der Waals surface area contributed by atoms with E-state index < -0.39 is 29.9 Å². The highest BCUT2D eigenvalue weighted by Gasteiger charge is 2.59. The van der Waals surface area contributed by atoms with Crippen LogP contribution in [0.15, 0.2) is 36.7 Å². The van der Waals surface area contributed by atoms with Gasteiger partial charge in [-0.25, -0.2) is 4.98 Å². The summed E-state index contributed by atoms with van der Waals surface area (Å²) in [5, 5.41) is 10.5. The Morgan fingerprint density at radius 2 is 1.96 bits per heavy atom. The number of hydrogen-bond donors (Lipinski definition) is 1. The molecule has 1 aromatic heterocycles. The molecule has 1 unspecified atom stereocenters. The zero-order valence-corrected chi connectivity index (χ0v) is 15.6. The molecule has 0 spiro atoms. The Balaban J connectivity index is 1.83. The van der Waals surface area contributed by atoms with E-state index in [0.717, 1.165) is 29.2 Å². The number of aromatic nitrogens is 2. The van der Waals surface area contributed by atoms with E-state index in [9.17, 15) is 23.1 Å². The molecule has 0 radical (unpaired) electrons. The Bertz CT molecular complexity index is 831. The lowest BCUT2D eigenvalue weighted by atomic mass is 9.96. The summed E-state index contributed by atoms with van der Waals surface area (Å²) in [7, 11) is 2.88. The van der Waals surface area contributed by atoms with Crippen molar-refractivity contribution in [3.05, 3.63) is 48.0 Å². The number of aliphatic hydroxyl groups is 1. The van der Waals surface area contributed by atoms with Gasteiger partial charge in [-0.1, -0.05) is 12.1 Å². The van der Waals surface area contributed by atoms with E-state index in [4.69, 9.17) is 4.74 Å². The van der Waals surface area contributed by atoms with Crippen molar-refractivity contribution >= 4 is 5.91 Å². The van der Waals surface area contributed by atoms with E-state index >= 15 is 0 Å². The van der Waals surface area contributed by atoms with E-state index in [1.165, 1.54) is 25.3 Å². The number of nitrogens with zero attached hydrogens (tertiary/aromatic N) is 3. The maximum absolute atomic E-state index is 13.7. The molecule has 1 fully saturated rings. The monoisotopic (exact) mass is 397 g/mol. The number of benzene rings is 1. The Morgan fingerprint density at radius 3 is 2.43 bits per heavy atom. The highest BCUT2D eigenvalue weighted by molar-refractivity contribution is 5.78. The maximum atomic E-state index is 13.7. The SMILES string of the molecule is COc1ccc(CN(C(=O)CC(O)(c2nccn2C)C(F)(F)F)C2CC2)cc1. The average molecular weight is 397 g/mol. The van der Waals surface area contributed by atoms with Gasteiger partial charge in [-0.2, -0.15) is 13.2 Å². The molecule has 0 saturated heterocycles. The summed E-state index contributed by atoms with van der Waals surface area (Å²) >= 11 is 0. The summed E-state index contributed by atoms with van der Waals surface area (Å²) in [6, 6.07) is 6.86. The molecule has 1 aliphatic rings. The van der Waals surface area contributed by atoms with Crippen LogP contribution in [0.2, 0.25) is 0 Å². The van der Waals surface area contributed by atoms with E-state index in [0.29, 0.717) is 5.75 Å². The van der Waals surface area contributed by atoms with Gasteiger partial charge in [0.1, 0.15) is 5.75 Å². The Morgan fingerprint density at radius 1 is 1.32 bits per heavy atom. The first-order valence-corrected chi connectivity index (χ1v) is 8.85. The molecule has 3 rings (SSSR count). The van der Waals surface area contributed by atoms with E-state index in [1.54, 1.807) is 24.3 Å². The first-order chi connectivity index (χ1) is 13.2. The molecule has 6 nitrogen and oxygen atoms in total. The number of halogens is 3. The van der Waals surface area contributed by atoms with Gasteiger partial charge in [0.15, 0.2) is 5.82 Å². The maximum Gasteiger partial charge on any atom is 0.425 e. The van der Waals surface area contributed by atoms with Gasteiger partial charge in [0.05, 0.1) is 13.5 Å². The number of carbonyl (C=O) groups excluding carboxylic acids is 1. The highest BCUT2D eigenvalue weighted by Crippen LogP contribution is 2.42. The molecule has 0 aliphatic heterocycles. The molecule has 1 aromatic carbocycles. The molecule has 1 N–H and O–H groups in total. The Labute approximate surface area is 160 Å². The molecule has 152 valence electrons. The van der Waals surface area contributed by atoms with Crippen LogP contribution in [0.4, 0.5) is 13.2 Å². The molecule has 0 bridgehead atoms. The molecule has 9 heteroatoms. The summed E-state index contributed by atoms with van der Waals surface area (Å²) in [6.07, 6.45) is -2.24. The van der Waals surface area contributed by atoms with Gasteiger partial charge >= 0.3 is 6.18 Å². The summed E-state index contributed by atoms with van der Waals surface area (Å²) < 4.78 is 47.3. The lowest BCUT2D eigenvalue weighted by Crippen LogP contribution is -2.48. The number of rotatable bonds is 7. The summed E-state index contributed by atoms with van der Waals surface area (Å²) in [5.74, 6) is -0.719. The minimum Gasteiger partial charge on any atom is -0.497 e. The predicted molar refractivity (Wildman–Crippen MR) is 94.3 cm³/mol. The first-order valence-electron chi connectivity index (χ1n) is 8.85. The number of alkyl halides is 3. The number of methoxy groups -OCH3 is 1. The van der Waals surface area contributed by atoms with Gasteiger partial charge in [0, 0.05) is 32.0 Å². The topological polar surface area (TPSA) is 67.6 Å². The molecule has 1 atom stereocenters. The van der Waals surface area contributed by atoms with Crippen LogP contribution in [0.5, 0.6) is 5.75 Å². The third-order valence-corrected chi connectivity index (χ3v) is 4.89. The molecule has 1 heterocycles. The van der Waals surface area contributed by atoms with Crippen molar-refractivity contribution in [2.24, 2.45) is 7.05 Å². The van der Waals surface area contributed by atoms with Gasteiger partial charge in [-0.3, -0.25) is 4.79 Å². The van der Waals surface area contributed by atoms with E-state index in [2.05, 4.69) is 4.98 Å². The largest absolute Gasteiger partial charge is 0.497 e. The van der Waals surface area contributed by atoms with Crippen molar-refractivity contribution in [1.82, 2.24) is 14.5 Å². The predicted octanol–water partition coefficient (Wildman–Crippen LogP) is 2.76. The van der Waals surface area contributed by atoms with Crippen molar-refractivity contribution in [2.75, 3.05) is 7.11 Å². The van der Waals surface area contributed by atoms with Gasteiger partial charge in [0.25, 0.3) is 0 Å². The van der Waals surface area contributed by atoms with Gasteiger partial charge in [0.2, 0.25) is 11.5 Å². The first kappa shape index (κ1) is 20.2. The Hall–Kier alpha value is -2.55. The fourth-order valence-corrected chi connectivity index (χ4v) is 3.13. The number of carbonyl (C=O) groups is 1. The number of hydrogen-bond acceptors (Lipinski definition) is 4. The van der Waals surface area contributed by atoms with Crippen molar-refractivity contribution in [3.8, 4) is 5.75 Å². The molecular formula is C19H22F3N3O3. The fraction of sp³-hybridized carbons (Fsp3) is 0.474. The number of amides is 1. The molecule has 1 amide bonds. The lowest BCUT2D eigenvalue weighted by molar-refractivity contribution is -0.272. The van der Waals surface area contributed by atoms with Crippen LogP contribution < -0.4 is 4.74 Å². The van der Waals surface area contributed by atoms with Crippen LogP contribution in [0, 0.1) is 0 Å². The van der Waals surface area contributed by atoms with Crippen LogP contribution in [0.3, 0.4) is 0 Å². The smallest absolute Gasteiger partial charge is 0.425 e. The fourth-order valence-electron chi connectivity index (χ4n) is 3.13. The van der Waals surface area contributed by atoms with Gasteiger partial charge in [-0.15, -0.1) is 0 Å². The highest BCUT2D eigenvalue weighted by atomic mass is 19.4. The normalized spacial score (nSPS) is 16.5. The summed E-state index contributed by atoms with van der Waals surface area (Å²) in [6.45, 7) is 0.169. The van der Waals surface area contributed by atoms with Gasteiger partial charge in [-0.05, 0) is 30.5 Å². The van der Waals surface area contributed by atoms with E-state index in [-0.39, 0.29) is 12.6 Å². The molecule has 28 heavy (non-hydrogen) atoms. The molecular weight excluding hydrogens is 375 g/mol. The third kappa shape index (κ3) is 3.99. The van der Waals surface area contributed by atoms with Gasteiger partial charge < -0.3 is 19.3 Å². The van der Waals surface area contributed by atoms with E-state index in [1.807, 2.05) is 0 Å². The van der Waals surface area contributed by atoms with Crippen molar-refractivity contribution in [2.45, 2.75) is 43.6 Å². The average Bonchev–Trinajstić information content (AvgIpc) is 3.39. The zero-order valence-electron chi connectivity index (χ0n) is 15.6. The molecule has 1 aliphatic carbocycles. The minimum absolute atomic E-state index is 0.117.